The first-order valence-corrected chi connectivity index (χ1v) is 7.01. The third-order valence-corrected chi connectivity index (χ3v) is 3.78. The summed E-state index contributed by atoms with van der Waals surface area (Å²) in [5.74, 6) is -0.0685. The number of fused-ring (bicyclic) bond motifs is 1. The van der Waals surface area contributed by atoms with Gasteiger partial charge in [-0.15, -0.1) is 0 Å². The smallest absolute Gasteiger partial charge is 0.217 e. The Morgan fingerprint density at radius 2 is 1.80 bits per heavy atom. The highest BCUT2D eigenvalue weighted by Crippen LogP contribution is 2.29. The van der Waals surface area contributed by atoms with E-state index in [1.807, 2.05) is 19.1 Å². The van der Waals surface area contributed by atoms with Crippen molar-refractivity contribution >= 4 is 16.7 Å². The number of primary amides is 1. The Morgan fingerprint density at radius 3 is 2.45 bits per heavy atom. The van der Waals surface area contributed by atoms with E-state index < -0.39 is 0 Å². The molecule has 3 heteroatoms. The van der Waals surface area contributed by atoms with Crippen molar-refractivity contribution < 1.29 is 4.79 Å². The van der Waals surface area contributed by atoms with E-state index in [2.05, 4.69) is 31.2 Å². The van der Waals surface area contributed by atoms with Gasteiger partial charge in [0.1, 0.15) is 0 Å². The van der Waals surface area contributed by atoms with E-state index in [0.29, 0.717) is 6.42 Å². The molecule has 0 aliphatic heterocycles. The number of carbonyl (C=O) groups is 1. The van der Waals surface area contributed by atoms with Gasteiger partial charge in [-0.25, -0.2) is 0 Å². The summed E-state index contributed by atoms with van der Waals surface area (Å²) in [6.45, 7) is 4.12. The van der Waals surface area contributed by atoms with Crippen LogP contribution in [0.4, 0.5) is 0 Å². The highest BCUT2D eigenvalue weighted by molar-refractivity contribution is 5.88. The number of hydrogen-bond acceptors (Lipinski definition) is 2. The summed E-state index contributed by atoms with van der Waals surface area (Å²) in [6, 6.07) is 12.4. The molecule has 1 amide bonds. The van der Waals surface area contributed by atoms with Gasteiger partial charge < -0.3 is 11.5 Å². The first kappa shape index (κ1) is 14.5. The summed E-state index contributed by atoms with van der Waals surface area (Å²) in [5.41, 5.74) is 14.0. The Kier molecular flexibility index (Phi) is 4.40. The fourth-order valence-corrected chi connectivity index (χ4v) is 2.78. The molecule has 0 saturated heterocycles. The van der Waals surface area contributed by atoms with Crippen molar-refractivity contribution in [3.63, 3.8) is 0 Å². The molecule has 0 aliphatic rings. The van der Waals surface area contributed by atoms with Crippen LogP contribution in [0.3, 0.4) is 0 Å². The molecular weight excluding hydrogens is 248 g/mol. The number of amides is 1. The third kappa shape index (κ3) is 3.17. The van der Waals surface area contributed by atoms with Gasteiger partial charge in [0.2, 0.25) is 5.91 Å². The summed E-state index contributed by atoms with van der Waals surface area (Å²) in [5, 5.41) is 2.44. The van der Waals surface area contributed by atoms with E-state index in [0.717, 1.165) is 12.0 Å². The number of aryl methyl sites for hydroxylation is 1. The van der Waals surface area contributed by atoms with Crippen molar-refractivity contribution in [3.05, 3.63) is 47.5 Å². The van der Waals surface area contributed by atoms with E-state index in [9.17, 15) is 4.79 Å². The van der Waals surface area contributed by atoms with Gasteiger partial charge in [0.25, 0.3) is 0 Å². The first-order chi connectivity index (χ1) is 9.49. The van der Waals surface area contributed by atoms with Crippen LogP contribution in [0.25, 0.3) is 10.8 Å². The summed E-state index contributed by atoms with van der Waals surface area (Å²) >= 11 is 0. The average Bonchev–Trinajstić information content (AvgIpc) is 2.38. The van der Waals surface area contributed by atoms with E-state index >= 15 is 0 Å². The molecule has 0 radical (unpaired) electrons. The van der Waals surface area contributed by atoms with E-state index in [4.69, 9.17) is 11.5 Å². The summed E-state index contributed by atoms with van der Waals surface area (Å²) < 4.78 is 0. The molecular formula is C17H22N2O. The lowest BCUT2D eigenvalue weighted by Gasteiger charge is -2.19. The van der Waals surface area contributed by atoms with Crippen molar-refractivity contribution in [1.29, 1.82) is 0 Å². The summed E-state index contributed by atoms with van der Waals surface area (Å²) in [7, 11) is 0. The Balaban J connectivity index is 2.28. The molecule has 106 valence electrons. The molecule has 0 spiro atoms. The lowest BCUT2D eigenvalue weighted by atomic mass is 9.90. The van der Waals surface area contributed by atoms with E-state index in [1.54, 1.807) is 0 Å². The zero-order valence-corrected chi connectivity index (χ0v) is 12.1. The number of benzene rings is 2. The molecule has 0 aliphatic carbocycles. The van der Waals surface area contributed by atoms with Crippen molar-refractivity contribution in [3.8, 4) is 0 Å². The Hall–Kier alpha value is -1.87. The van der Waals surface area contributed by atoms with E-state index in [1.165, 1.54) is 16.3 Å². The maximum atomic E-state index is 11.0. The van der Waals surface area contributed by atoms with Crippen LogP contribution < -0.4 is 11.5 Å². The Bertz CT molecular complexity index is 621. The number of nitrogens with two attached hydrogens (primary N) is 2. The number of rotatable bonds is 5. The van der Waals surface area contributed by atoms with Crippen molar-refractivity contribution in [2.75, 3.05) is 0 Å². The molecule has 2 aromatic carbocycles. The summed E-state index contributed by atoms with van der Waals surface area (Å²) in [6.07, 6.45) is 1.15. The normalized spacial score (nSPS) is 14.2. The van der Waals surface area contributed by atoms with E-state index in [-0.39, 0.29) is 17.9 Å². The molecule has 2 rings (SSSR count). The minimum absolute atomic E-state index is 0.0742. The summed E-state index contributed by atoms with van der Waals surface area (Å²) in [4.78, 5) is 11.0. The SMILES string of the molecule is Cc1ccc(C(N)CC(C)CC(N)=O)c2ccccc12. The van der Waals surface area contributed by atoms with Gasteiger partial charge in [-0.2, -0.15) is 0 Å². The lowest BCUT2D eigenvalue weighted by Crippen LogP contribution is -2.19. The maximum absolute atomic E-state index is 11.0. The highest BCUT2D eigenvalue weighted by Gasteiger charge is 2.15. The molecule has 0 aromatic heterocycles. The third-order valence-electron chi connectivity index (χ3n) is 3.78. The number of carbonyl (C=O) groups excluding carboxylic acids is 1. The first-order valence-electron chi connectivity index (χ1n) is 7.01. The van der Waals surface area contributed by atoms with Crippen LogP contribution >= 0.6 is 0 Å². The molecule has 2 atom stereocenters. The predicted molar refractivity (Wildman–Crippen MR) is 83.2 cm³/mol. The standard InChI is InChI=1S/C17H22N2O/c1-11(10-17(19)20)9-16(18)15-8-7-12(2)13-5-3-4-6-14(13)15/h3-8,11,16H,9-10,18H2,1-2H3,(H2,19,20). The van der Waals surface area contributed by atoms with Crippen LogP contribution in [0.2, 0.25) is 0 Å². The zero-order chi connectivity index (χ0) is 14.7. The molecule has 2 unspecified atom stereocenters. The molecule has 2 aromatic rings. The van der Waals surface area contributed by atoms with Crippen LogP contribution in [-0.2, 0) is 4.79 Å². The quantitative estimate of drug-likeness (QED) is 0.876. The molecule has 4 N–H and O–H groups in total. The van der Waals surface area contributed by atoms with Crippen molar-refractivity contribution in [2.45, 2.75) is 32.7 Å². The Morgan fingerprint density at radius 1 is 1.15 bits per heavy atom. The molecule has 3 nitrogen and oxygen atoms in total. The van der Waals surface area contributed by atoms with Gasteiger partial charge in [0, 0.05) is 12.5 Å². The van der Waals surface area contributed by atoms with Crippen LogP contribution in [-0.4, -0.2) is 5.91 Å². The second-order valence-electron chi connectivity index (χ2n) is 5.64. The fourth-order valence-electron chi connectivity index (χ4n) is 2.78. The fraction of sp³-hybridized carbons (Fsp3) is 0.353. The van der Waals surface area contributed by atoms with Gasteiger partial charge in [0.05, 0.1) is 0 Å². The minimum Gasteiger partial charge on any atom is -0.370 e. The van der Waals surface area contributed by atoms with Crippen LogP contribution in [0.1, 0.15) is 36.9 Å². The van der Waals surface area contributed by atoms with Gasteiger partial charge in [0.15, 0.2) is 0 Å². The molecule has 0 bridgehead atoms. The Labute approximate surface area is 120 Å². The van der Waals surface area contributed by atoms with Gasteiger partial charge in [-0.3, -0.25) is 4.79 Å². The molecule has 0 heterocycles. The monoisotopic (exact) mass is 270 g/mol. The minimum atomic E-state index is -0.265. The van der Waals surface area contributed by atoms with Crippen LogP contribution in [0.15, 0.2) is 36.4 Å². The second-order valence-corrected chi connectivity index (χ2v) is 5.64. The second kappa shape index (κ2) is 6.06. The van der Waals surface area contributed by atoms with Crippen molar-refractivity contribution in [1.82, 2.24) is 0 Å². The van der Waals surface area contributed by atoms with Crippen LogP contribution in [0, 0.1) is 12.8 Å². The van der Waals surface area contributed by atoms with Gasteiger partial charge in [-0.05, 0) is 41.2 Å². The molecule has 20 heavy (non-hydrogen) atoms. The maximum Gasteiger partial charge on any atom is 0.217 e. The highest BCUT2D eigenvalue weighted by atomic mass is 16.1. The number of hydrogen-bond donors (Lipinski definition) is 2. The zero-order valence-electron chi connectivity index (χ0n) is 12.1. The largest absolute Gasteiger partial charge is 0.370 e. The molecule has 0 saturated carbocycles. The lowest BCUT2D eigenvalue weighted by molar-refractivity contribution is -0.118. The van der Waals surface area contributed by atoms with Gasteiger partial charge >= 0.3 is 0 Å². The van der Waals surface area contributed by atoms with Gasteiger partial charge in [-0.1, -0.05) is 43.3 Å². The topological polar surface area (TPSA) is 69.1 Å². The van der Waals surface area contributed by atoms with Crippen molar-refractivity contribution in [2.24, 2.45) is 17.4 Å². The predicted octanol–water partition coefficient (Wildman–Crippen LogP) is 3.05. The van der Waals surface area contributed by atoms with Crippen LogP contribution in [0.5, 0.6) is 0 Å². The average molecular weight is 270 g/mol. The molecule has 0 fully saturated rings.